The number of nitrogens with zero attached hydrogens (tertiary/aromatic N) is 4. The van der Waals surface area contributed by atoms with Gasteiger partial charge in [0.25, 0.3) is 5.56 Å². The van der Waals surface area contributed by atoms with Crippen molar-refractivity contribution in [2.45, 2.75) is 17.9 Å². The Morgan fingerprint density at radius 3 is 2.23 bits per heavy atom. The number of amides is 1. The Hall–Kier alpha value is -3.15. The SMILES string of the molecule is CC(NS(=O)(=O)c1ccc2c(c1)c(=O)n(C)c(=O)n2C)C(=O)N1CCN(c2ccc(Cl)cc2)CC1. The quantitative estimate of drug-likeness (QED) is 0.536. The Morgan fingerprint density at radius 1 is 0.971 bits per heavy atom. The van der Waals surface area contributed by atoms with Gasteiger partial charge in [-0.2, -0.15) is 4.72 Å². The summed E-state index contributed by atoms with van der Waals surface area (Å²) >= 11 is 5.95. The predicted octanol–water partition coefficient (Wildman–Crippen LogP) is 0.906. The Balaban J connectivity index is 1.47. The van der Waals surface area contributed by atoms with Crippen LogP contribution in [0.4, 0.5) is 5.69 Å². The van der Waals surface area contributed by atoms with E-state index < -0.39 is 27.3 Å². The number of halogens is 1. The van der Waals surface area contributed by atoms with Crippen molar-refractivity contribution in [2.75, 3.05) is 31.1 Å². The van der Waals surface area contributed by atoms with E-state index in [1.54, 1.807) is 4.90 Å². The van der Waals surface area contributed by atoms with Gasteiger partial charge in [0.05, 0.1) is 21.8 Å². The molecule has 1 amide bonds. The Labute approximate surface area is 207 Å². The topological polar surface area (TPSA) is 114 Å². The summed E-state index contributed by atoms with van der Waals surface area (Å²) in [6.45, 7) is 3.62. The van der Waals surface area contributed by atoms with E-state index in [0.29, 0.717) is 36.7 Å². The van der Waals surface area contributed by atoms with Gasteiger partial charge in [-0.05, 0) is 49.4 Å². The van der Waals surface area contributed by atoms with Crippen molar-refractivity contribution >= 4 is 44.1 Å². The first-order valence-electron chi connectivity index (χ1n) is 11.0. The number of sulfonamides is 1. The highest BCUT2D eigenvalue weighted by atomic mass is 35.5. The fourth-order valence-electron chi connectivity index (χ4n) is 4.20. The van der Waals surface area contributed by atoms with E-state index in [0.717, 1.165) is 10.3 Å². The van der Waals surface area contributed by atoms with Gasteiger partial charge in [-0.1, -0.05) is 11.6 Å². The zero-order valence-corrected chi connectivity index (χ0v) is 21.1. The molecule has 1 N–H and O–H groups in total. The molecule has 1 fully saturated rings. The molecule has 1 aliphatic heterocycles. The van der Waals surface area contributed by atoms with Gasteiger partial charge < -0.3 is 9.80 Å². The number of aryl methyl sites for hydroxylation is 1. The molecule has 2 aromatic carbocycles. The van der Waals surface area contributed by atoms with Crippen molar-refractivity contribution in [2.24, 2.45) is 14.1 Å². The van der Waals surface area contributed by atoms with Crippen LogP contribution < -0.4 is 20.9 Å². The van der Waals surface area contributed by atoms with Crippen molar-refractivity contribution in [1.82, 2.24) is 18.8 Å². The van der Waals surface area contributed by atoms with E-state index >= 15 is 0 Å². The lowest BCUT2D eigenvalue weighted by atomic mass is 10.2. The summed E-state index contributed by atoms with van der Waals surface area (Å²) in [5.74, 6) is -0.330. The normalized spacial score (nSPS) is 15.4. The zero-order valence-electron chi connectivity index (χ0n) is 19.6. The molecule has 1 unspecified atom stereocenters. The lowest BCUT2D eigenvalue weighted by Crippen LogP contribution is -2.54. The number of rotatable bonds is 5. The van der Waals surface area contributed by atoms with E-state index in [1.807, 2.05) is 24.3 Å². The van der Waals surface area contributed by atoms with Crippen LogP contribution in [0.2, 0.25) is 5.02 Å². The minimum atomic E-state index is -4.10. The van der Waals surface area contributed by atoms with Gasteiger partial charge >= 0.3 is 5.69 Å². The molecule has 1 aliphatic rings. The predicted molar refractivity (Wildman–Crippen MR) is 134 cm³/mol. The summed E-state index contributed by atoms with van der Waals surface area (Å²) < 4.78 is 30.6. The lowest BCUT2D eigenvalue weighted by molar-refractivity contribution is -0.132. The van der Waals surface area contributed by atoms with Crippen LogP contribution in [-0.2, 0) is 28.9 Å². The molecule has 12 heteroatoms. The molecule has 1 saturated heterocycles. The molecule has 4 rings (SSSR count). The Morgan fingerprint density at radius 2 is 1.60 bits per heavy atom. The second kappa shape index (κ2) is 9.48. The minimum Gasteiger partial charge on any atom is -0.368 e. The molecule has 0 saturated carbocycles. The first-order chi connectivity index (χ1) is 16.5. The smallest absolute Gasteiger partial charge is 0.330 e. The van der Waals surface area contributed by atoms with Gasteiger partial charge in [0.2, 0.25) is 15.9 Å². The molecule has 186 valence electrons. The van der Waals surface area contributed by atoms with Crippen molar-refractivity contribution in [3.8, 4) is 0 Å². The first kappa shape index (κ1) is 25.0. The highest BCUT2D eigenvalue weighted by Crippen LogP contribution is 2.20. The van der Waals surface area contributed by atoms with E-state index in [4.69, 9.17) is 11.6 Å². The van der Waals surface area contributed by atoms with Crippen LogP contribution in [0.25, 0.3) is 10.9 Å². The maximum Gasteiger partial charge on any atom is 0.330 e. The number of anilines is 1. The molecule has 3 aromatic rings. The molecular weight excluding hydrogens is 494 g/mol. The third kappa shape index (κ3) is 4.84. The fourth-order valence-corrected chi connectivity index (χ4v) is 5.55. The number of benzene rings is 2. The molecule has 0 radical (unpaired) electrons. The number of nitrogens with one attached hydrogen (secondary N) is 1. The Kier molecular flexibility index (Phi) is 6.76. The molecule has 1 atom stereocenters. The fraction of sp³-hybridized carbons (Fsp3) is 0.348. The molecule has 0 spiro atoms. The second-order valence-electron chi connectivity index (χ2n) is 8.52. The van der Waals surface area contributed by atoms with E-state index in [2.05, 4.69) is 9.62 Å². The average molecular weight is 520 g/mol. The highest BCUT2D eigenvalue weighted by molar-refractivity contribution is 7.89. The number of piperazine rings is 1. The zero-order chi connectivity index (χ0) is 25.5. The van der Waals surface area contributed by atoms with Gasteiger partial charge in [0, 0.05) is 51.0 Å². The van der Waals surface area contributed by atoms with Gasteiger partial charge in [-0.3, -0.25) is 18.7 Å². The average Bonchev–Trinajstić information content (AvgIpc) is 2.85. The molecule has 35 heavy (non-hydrogen) atoms. The van der Waals surface area contributed by atoms with E-state index in [-0.39, 0.29) is 16.2 Å². The summed E-state index contributed by atoms with van der Waals surface area (Å²) in [6, 6.07) is 10.4. The van der Waals surface area contributed by atoms with Crippen molar-refractivity contribution in [1.29, 1.82) is 0 Å². The van der Waals surface area contributed by atoms with Crippen molar-refractivity contribution in [3.05, 3.63) is 68.3 Å². The number of carbonyl (C=O) groups excluding carboxylic acids is 1. The number of hydrogen-bond acceptors (Lipinski definition) is 6. The maximum atomic E-state index is 13.0. The van der Waals surface area contributed by atoms with Crippen LogP contribution in [0.3, 0.4) is 0 Å². The summed E-state index contributed by atoms with van der Waals surface area (Å²) in [4.78, 5) is 41.2. The van der Waals surface area contributed by atoms with Gasteiger partial charge in [-0.25, -0.2) is 13.2 Å². The van der Waals surface area contributed by atoms with Gasteiger partial charge in [0.1, 0.15) is 0 Å². The number of carbonyl (C=O) groups is 1. The van der Waals surface area contributed by atoms with Crippen LogP contribution in [0.1, 0.15) is 6.92 Å². The molecule has 0 bridgehead atoms. The van der Waals surface area contributed by atoms with E-state index in [9.17, 15) is 22.8 Å². The van der Waals surface area contributed by atoms with Gasteiger partial charge in [-0.15, -0.1) is 0 Å². The van der Waals surface area contributed by atoms with Crippen molar-refractivity contribution in [3.63, 3.8) is 0 Å². The largest absolute Gasteiger partial charge is 0.368 e. The second-order valence-corrected chi connectivity index (χ2v) is 10.7. The summed E-state index contributed by atoms with van der Waals surface area (Å²) in [5.41, 5.74) is 0.226. The first-order valence-corrected chi connectivity index (χ1v) is 12.9. The van der Waals surface area contributed by atoms with E-state index in [1.165, 1.54) is 43.8 Å². The Bertz CT molecular complexity index is 1510. The van der Waals surface area contributed by atoms with Crippen LogP contribution in [0.15, 0.2) is 56.9 Å². The molecular formula is C23H26ClN5O5S. The summed E-state index contributed by atoms with van der Waals surface area (Å²) in [6.07, 6.45) is 0. The van der Waals surface area contributed by atoms with Gasteiger partial charge in [0.15, 0.2) is 0 Å². The minimum absolute atomic E-state index is 0.0924. The van der Waals surface area contributed by atoms with Crippen LogP contribution in [0.5, 0.6) is 0 Å². The number of hydrogen-bond donors (Lipinski definition) is 1. The summed E-state index contributed by atoms with van der Waals surface area (Å²) in [7, 11) is -1.27. The van der Waals surface area contributed by atoms with Crippen LogP contribution >= 0.6 is 11.6 Å². The standard InChI is InChI=1S/C23H26ClN5O5S/c1-15(21(30)29-12-10-28(11-13-29)17-6-4-16(24)5-7-17)25-35(33,34)18-8-9-20-19(14-18)22(31)27(3)23(32)26(20)2/h4-9,14-15,25H,10-13H2,1-3H3. The molecule has 10 nitrogen and oxygen atoms in total. The monoisotopic (exact) mass is 519 g/mol. The lowest BCUT2D eigenvalue weighted by Gasteiger charge is -2.37. The summed E-state index contributed by atoms with van der Waals surface area (Å²) in [5, 5.41) is 0.745. The third-order valence-electron chi connectivity index (χ3n) is 6.23. The molecule has 1 aromatic heterocycles. The van der Waals surface area contributed by atoms with Crippen LogP contribution in [-0.4, -0.2) is 60.6 Å². The number of aromatic nitrogens is 2. The number of fused-ring (bicyclic) bond motifs is 1. The van der Waals surface area contributed by atoms with Crippen molar-refractivity contribution < 1.29 is 13.2 Å². The molecule has 0 aliphatic carbocycles. The van der Waals surface area contributed by atoms with Crippen LogP contribution in [0, 0.1) is 0 Å². The highest BCUT2D eigenvalue weighted by Gasteiger charge is 2.29. The third-order valence-corrected chi connectivity index (χ3v) is 8.02. The molecule has 2 heterocycles. The maximum absolute atomic E-state index is 13.0.